The Kier molecular flexibility index (Phi) is 4.20. The third-order valence-electron chi connectivity index (χ3n) is 2.76. The van der Waals surface area contributed by atoms with Crippen LogP contribution in [0.25, 0.3) is 0 Å². The van der Waals surface area contributed by atoms with Crippen LogP contribution < -0.4 is 5.73 Å². The fourth-order valence-corrected chi connectivity index (χ4v) is 1.83. The highest BCUT2D eigenvalue weighted by Gasteiger charge is 2.27. The maximum atomic E-state index is 11.3. The summed E-state index contributed by atoms with van der Waals surface area (Å²) in [6.45, 7) is 0.616. The molecule has 0 radical (unpaired) electrons. The van der Waals surface area contributed by atoms with Gasteiger partial charge in [0.15, 0.2) is 0 Å². The maximum absolute atomic E-state index is 11.3. The molecule has 0 spiro atoms. The Morgan fingerprint density at radius 3 is 2.64 bits per heavy atom. The summed E-state index contributed by atoms with van der Waals surface area (Å²) in [6.07, 6.45) is 4.17. The predicted octanol–water partition coefficient (Wildman–Crippen LogP) is 1.20. The molecule has 0 saturated heterocycles. The maximum Gasteiger partial charge on any atom is 0.409 e. The van der Waals surface area contributed by atoms with E-state index in [9.17, 15) is 4.79 Å². The van der Waals surface area contributed by atoms with Gasteiger partial charge >= 0.3 is 6.09 Å². The van der Waals surface area contributed by atoms with Gasteiger partial charge in [0.05, 0.1) is 0 Å². The van der Waals surface area contributed by atoms with Crippen molar-refractivity contribution in [2.75, 3.05) is 20.6 Å². The van der Waals surface area contributed by atoms with Crippen LogP contribution in [0, 0.1) is 5.92 Å². The van der Waals surface area contributed by atoms with E-state index >= 15 is 0 Å². The Morgan fingerprint density at radius 1 is 1.43 bits per heavy atom. The second-order valence-electron chi connectivity index (χ2n) is 4.10. The van der Waals surface area contributed by atoms with Crippen LogP contribution in [0.15, 0.2) is 0 Å². The van der Waals surface area contributed by atoms with E-state index in [4.69, 9.17) is 10.5 Å². The number of rotatable bonds is 2. The third-order valence-corrected chi connectivity index (χ3v) is 2.76. The molecule has 1 fully saturated rings. The lowest BCUT2D eigenvalue weighted by Crippen LogP contribution is -2.37. The Balaban J connectivity index is 2.44. The van der Waals surface area contributed by atoms with E-state index in [-0.39, 0.29) is 12.2 Å². The van der Waals surface area contributed by atoms with Gasteiger partial charge in [-0.25, -0.2) is 4.79 Å². The van der Waals surface area contributed by atoms with E-state index in [1.807, 2.05) is 0 Å². The number of amides is 1. The lowest BCUT2D eigenvalue weighted by Gasteiger charge is -2.30. The van der Waals surface area contributed by atoms with Gasteiger partial charge in [0.2, 0.25) is 0 Å². The average molecular weight is 200 g/mol. The lowest BCUT2D eigenvalue weighted by atomic mass is 9.86. The normalized spacial score (nSPS) is 27.1. The summed E-state index contributed by atoms with van der Waals surface area (Å²) in [5.41, 5.74) is 5.64. The summed E-state index contributed by atoms with van der Waals surface area (Å²) in [5, 5.41) is 0. The summed E-state index contributed by atoms with van der Waals surface area (Å²) in [4.78, 5) is 12.8. The molecule has 2 atom stereocenters. The quantitative estimate of drug-likeness (QED) is 0.728. The molecule has 0 aromatic rings. The van der Waals surface area contributed by atoms with Crippen molar-refractivity contribution in [1.29, 1.82) is 0 Å². The van der Waals surface area contributed by atoms with E-state index in [2.05, 4.69) is 0 Å². The zero-order valence-corrected chi connectivity index (χ0v) is 9.03. The highest BCUT2D eigenvalue weighted by atomic mass is 16.6. The summed E-state index contributed by atoms with van der Waals surface area (Å²) >= 11 is 0. The molecule has 1 aliphatic rings. The molecule has 2 N–H and O–H groups in total. The Labute approximate surface area is 85.4 Å². The molecular weight excluding hydrogens is 180 g/mol. The first kappa shape index (κ1) is 11.3. The molecule has 0 aliphatic heterocycles. The van der Waals surface area contributed by atoms with Gasteiger partial charge in [0, 0.05) is 20.0 Å². The smallest absolute Gasteiger partial charge is 0.409 e. The number of hydrogen-bond acceptors (Lipinski definition) is 3. The topological polar surface area (TPSA) is 55.6 Å². The zero-order chi connectivity index (χ0) is 10.6. The molecule has 14 heavy (non-hydrogen) atoms. The molecule has 82 valence electrons. The van der Waals surface area contributed by atoms with Crippen molar-refractivity contribution in [2.24, 2.45) is 11.7 Å². The van der Waals surface area contributed by atoms with Crippen molar-refractivity contribution in [1.82, 2.24) is 4.90 Å². The zero-order valence-electron chi connectivity index (χ0n) is 9.03. The van der Waals surface area contributed by atoms with E-state index in [0.717, 1.165) is 19.3 Å². The van der Waals surface area contributed by atoms with E-state index < -0.39 is 0 Å². The average Bonchev–Trinajstić information content (AvgIpc) is 2.18. The number of carbonyl (C=O) groups is 1. The number of hydrogen-bond donors (Lipinski definition) is 1. The van der Waals surface area contributed by atoms with Gasteiger partial charge in [-0.15, -0.1) is 0 Å². The lowest BCUT2D eigenvalue weighted by molar-refractivity contribution is 0.0251. The van der Waals surface area contributed by atoms with Crippen LogP contribution in [-0.2, 0) is 4.74 Å². The molecule has 1 saturated carbocycles. The van der Waals surface area contributed by atoms with Gasteiger partial charge in [0.25, 0.3) is 0 Å². The molecule has 0 aromatic heterocycles. The molecule has 0 heterocycles. The largest absolute Gasteiger partial charge is 0.446 e. The van der Waals surface area contributed by atoms with E-state index in [1.165, 1.54) is 11.3 Å². The minimum atomic E-state index is -0.254. The first-order chi connectivity index (χ1) is 6.65. The van der Waals surface area contributed by atoms with Gasteiger partial charge in [0.1, 0.15) is 6.10 Å². The monoisotopic (exact) mass is 200 g/mol. The summed E-state index contributed by atoms with van der Waals surface area (Å²) in [6, 6.07) is 0. The van der Waals surface area contributed by atoms with E-state index in [0.29, 0.717) is 12.5 Å². The van der Waals surface area contributed by atoms with Crippen molar-refractivity contribution in [3.63, 3.8) is 0 Å². The Hall–Kier alpha value is -0.770. The molecule has 0 aromatic carbocycles. The van der Waals surface area contributed by atoms with Gasteiger partial charge in [-0.05, 0) is 25.8 Å². The second-order valence-corrected chi connectivity index (χ2v) is 4.10. The fourth-order valence-electron chi connectivity index (χ4n) is 1.83. The fraction of sp³-hybridized carbons (Fsp3) is 0.900. The minimum Gasteiger partial charge on any atom is -0.446 e. The molecule has 2 unspecified atom stereocenters. The molecule has 1 rings (SSSR count). The van der Waals surface area contributed by atoms with Crippen LogP contribution in [0.3, 0.4) is 0 Å². The van der Waals surface area contributed by atoms with Crippen LogP contribution >= 0.6 is 0 Å². The van der Waals surface area contributed by atoms with Crippen molar-refractivity contribution in [3.05, 3.63) is 0 Å². The molecule has 4 nitrogen and oxygen atoms in total. The summed E-state index contributed by atoms with van der Waals surface area (Å²) in [5.74, 6) is 0.354. The van der Waals surface area contributed by atoms with Gasteiger partial charge in [-0.2, -0.15) is 0 Å². The number of nitrogens with zero attached hydrogens (tertiary/aromatic N) is 1. The highest BCUT2D eigenvalue weighted by Crippen LogP contribution is 2.26. The molecule has 0 bridgehead atoms. The SMILES string of the molecule is CN(C)C(=O)OC1CCCCC1CN. The van der Waals surface area contributed by atoms with Gasteiger partial charge in [-0.3, -0.25) is 0 Å². The highest BCUT2D eigenvalue weighted by molar-refractivity contribution is 5.67. The van der Waals surface area contributed by atoms with Crippen LogP contribution in [0.4, 0.5) is 4.79 Å². The number of carbonyl (C=O) groups excluding carboxylic acids is 1. The Morgan fingerprint density at radius 2 is 2.07 bits per heavy atom. The predicted molar refractivity (Wildman–Crippen MR) is 55.0 cm³/mol. The molecular formula is C10H20N2O2. The number of ether oxygens (including phenoxy) is 1. The van der Waals surface area contributed by atoms with Crippen LogP contribution in [0.1, 0.15) is 25.7 Å². The van der Waals surface area contributed by atoms with Gasteiger partial charge in [-0.1, -0.05) is 6.42 Å². The van der Waals surface area contributed by atoms with Crippen LogP contribution in [0.5, 0.6) is 0 Å². The Bertz CT molecular complexity index is 195. The first-order valence-corrected chi connectivity index (χ1v) is 5.23. The minimum absolute atomic E-state index is 0.0312. The second kappa shape index (κ2) is 5.20. The molecule has 1 aliphatic carbocycles. The summed E-state index contributed by atoms with van der Waals surface area (Å²) in [7, 11) is 3.39. The van der Waals surface area contributed by atoms with Crippen molar-refractivity contribution < 1.29 is 9.53 Å². The van der Waals surface area contributed by atoms with Crippen molar-refractivity contribution in [2.45, 2.75) is 31.8 Å². The van der Waals surface area contributed by atoms with Crippen LogP contribution in [0.2, 0.25) is 0 Å². The number of nitrogens with two attached hydrogens (primary N) is 1. The molecule has 4 heteroatoms. The first-order valence-electron chi connectivity index (χ1n) is 5.23. The van der Waals surface area contributed by atoms with E-state index in [1.54, 1.807) is 14.1 Å². The third kappa shape index (κ3) is 2.87. The van der Waals surface area contributed by atoms with Gasteiger partial charge < -0.3 is 15.4 Å². The van der Waals surface area contributed by atoms with Crippen LogP contribution in [-0.4, -0.2) is 37.7 Å². The van der Waals surface area contributed by atoms with Crippen molar-refractivity contribution >= 4 is 6.09 Å². The summed E-state index contributed by atoms with van der Waals surface area (Å²) < 4.78 is 5.36. The van der Waals surface area contributed by atoms with Crippen molar-refractivity contribution in [3.8, 4) is 0 Å². The molecule has 1 amide bonds. The standard InChI is InChI=1S/C10H20N2O2/c1-12(2)10(13)14-9-6-4-3-5-8(9)7-11/h8-9H,3-7,11H2,1-2H3.